The Balaban J connectivity index is 1.88. The third-order valence-electron chi connectivity index (χ3n) is 2.47. The van der Waals surface area contributed by atoms with Gasteiger partial charge in [0.1, 0.15) is 5.75 Å². The average molecular weight is 391 g/mol. The first-order chi connectivity index (χ1) is 8.69. The Morgan fingerprint density at radius 2 is 2.00 bits per heavy atom. The highest BCUT2D eigenvalue weighted by Gasteiger charge is 2.02. The molecular formula is C13H13Br2NOS. The van der Waals surface area contributed by atoms with E-state index in [1.807, 2.05) is 6.07 Å². The fourth-order valence-corrected chi connectivity index (χ4v) is 3.64. The zero-order valence-corrected chi connectivity index (χ0v) is 13.9. The van der Waals surface area contributed by atoms with E-state index in [0.29, 0.717) is 0 Å². The molecule has 0 amide bonds. The van der Waals surface area contributed by atoms with Crippen LogP contribution in [0.1, 0.15) is 10.4 Å². The highest BCUT2D eigenvalue weighted by Crippen LogP contribution is 2.25. The van der Waals surface area contributed by atoms with Crippen LogP contribution in [0.2, 0.25) is 0 Å². The molecule has 0 fully saturated rings. The first kappa shape index (κ1) is 14.1. The van der Waals surface area contributed by atoms with Crippen LogP contribution in [-0.2, 0) is 13.1 Å². The Morgan fingerprint density at radius 1 is 1.17 bits per heavy atom. The molecule has 1 aromatic heterocycles. The minimum absolute atomic E-state index is 0.845. The zero-order valence-electron chi connectivity index (χ0n) is 9.87. The van der Waals surface area contributed by atoms with Crippen molar-refractivity contribution in [2.45, 2.75) is 13.1 Å². The second kappa shape index (κ2) is 6.70. The third-order valence-corrected chi connectivity index (χ3v) is 4.72. The molecule has 1 heterocycles. The van der Waals surface area contributed by atoms with Crippen molar-refractivity contribution in [3.8, 4) is 5.75 Å². The second-order valence-electron chi connectivity index (χ2n) is 3.78. The maximum absolute atomic E-state index is 5.21. The fourth-order valence-electron chi connectivity index (χ4n) is 1.60. The summed E-state index contributed by atoms with van der Waals surface area (Å²) in [6.45, 7) is 1.73. The van der Waals surface area contributed by atoms with Gasteiger partial charge in [-0.05, 0) is 61.7 Å². The number of rotatable bonds is 5. The maximum Gasteiger partial charge on any atom is 0.133 e. The highest BCUT2D eigenvalue weighted by atomic mass is 79.9. The van der Waals surface area contributed by atoms with E-state index in [2.05, 4.69) is 61.4 Å². The fraction of sp³-hybridized carbons (Fsp3) is 0.231. The number of thiophene rings is 1. The van der Waals surface area contributed by atoms with Gasteiger partial charge in [-0.3, -0.25) is 0 Å². The summed E-state index contributed by atoms with van der Waals surface area (Å²) in [6, 6.07) is 10.3. The standard InChI is InChI=1S/C13H13Br2NOS/c1-17-12-4-2-9(6-11(12)14)7-16-8-10-3-5-13(15)18-10/h2-6,16H,7-8H2,1H3. The van der Waals surface area contributed by atoms with Gasteiger partial charge in [0.05, 0.1) is 15.4 Å². The molecule has 1 aromatic carbocycles. The Labute approximate surface area is 128 Å². The lowest BCUT2D eigenvalue weighted by molar-refractivity contribution is 0.412. The van der Waals surface area contributed by atoms with Gasteiger partial charge >= 0.3 is 0 Å². The van der Waals surface area contributed by atoms with E-state index in [-0.39, 0.29) is 0 Å². The lowest BCUT2D eigenvalue weighted by atomic mass is 10.2. The van der Waals surface area contributed by atoms with Gasteiger partial charge in [0.2, 0.25) is 0 Å². The molecule has 0 aliphatic carbocycles. The Bertz CT molecular complexity index is 527. The SMILES string of the molecule is COc1ccc(CNCc2ccc(Br)s2)cc1Br. The van der Waals surface area contributed by atoms with Crippen molar-refractivity contribution in [1.29, 1.82) is 0 Å². The van der Waals surface area contributed by atoms with E-state index in [0.717, 1.165) is 23.3 Å². The quantitative estimate of drug-likeness (QED) is 0.807. The predicted molar refractivity (Wildman–Crippen MR) is 83.3 cm³/mol. The Kier molecular flexibility index (Phi) is 5.24. The van der Waals surface area contributed by atoms with Crippen molar-refractivity contribution in [1.82, 2.24) is 5.32 Å². The van der Waals surface area contributed by atoms with E-state index in [4.69, 9.17) is 4.74 Å². The van der Waals surface area contributed by atoms with Crippen LogP contribution in [0, 0.1) is 0 Å². The maximum atomic E-state index is 5.21. The molecule has 18 heavy (non-hydrogen) atoms. The van der Waals surface area contributed by atoms with Gasteiger partial charge in [-0.1, -0.05) is 6.07 Å². The van der Waals surface area contributed by atoms with Gasteiger partial charge in [-0.2, -0.15) is 0 Å². The van der Waals surface area contributed by atoms with Crippen LogP contribution in [0.4, 0.5) is 0 Å². The molecule has 0 atom stereocenters. The van der Waals surface area contributed by atoms with Gasteiger partial charge in [-0.15, -0.1) is 11.3 Å². The van der Waals surface area contributed by atoms with Crippen LogP contribution in [0.15, 0.2) is 38.6 Å². The normalized spacial score (nSPS) is 10.6. The number of methoxy groups -OCH3 is 1. The lowest BCUT2D eigenvalue weighted by Gasteiger charge is -2.07. The number of hydrogen-bond acceptors (Lipinski definition) is 3. The molecule has 0 bridgehead atoms. The minimum atomic E-state index is 0.845. The molecule has 0 aliphatic heterocycles. The number of benzene rings is 1. The molecule has 5 heteroatoms. The van der Waals surface area contributed by atoms with Crippen molar-refractivity contribution in [2.75, 3.05) is 7.11 Å². The lowest BCUT2D eigenvalue weighted by Crippen LogP contribution is -2.11. The number of ether oxygens (including phenoxy) is 1. The van der Waals surface area contributed by atoms with Gasteiger partial charge in [0, 0.05) is 18.0 Å². The van der Waals surface area contributed by atoms with E-state index < -0.39 is 0 Å². The molecule has 0 saturated heterocycles. The van der Waals surface area contributed by atoms with Crippen LogP contribution in [0.25, 0.3) is 0 Å². The molecule has 0 radical (unpaired) electrons. The summed E-state index contributed by atoms with van der Waals surface area (Å²) in [6.07, 6.45) is 0. The average Bonchev–Trinajstić information content (AvgIpc) is 2.75. The number of nitrogens with one attached hydrogen (secondary N) is 1. The van der Waals surface area contributed by atoms with Crippen LogP contribution >= 0.6 is 43.2 Å². The monoisotopic (exact) mass is 389 g/mol. The molecule has 0 aliphatic rings. The van der Waals surface area contributed by atoms with E-state index in [1.54, 1.807) is 18.4 Å². The first-order valence-electron chi connectivity index (χ1n) is 5.46. The van der Waals surface area contributed by atoms with Crippen molar-refractivity contribution in [2.24, 2.45) is 0 Å². The largest absolute Gasteiger partial charge is 0.496 e. The van der Waals surface area contributed by atoms with Crippen molar-refractivity contribution in [3.05, 3.63) is 49.0 Å². The first-order valence-corrected chi connectivity index (χ1v) is 7.86. The Morgan fingerprint density at radius 3 is 2.61 bits per heavy atom. The summed E-state index contributed by atoms with van der Waals surface area (Å²) in [4.78, 5) is 1.33. The Hall–Kier alpha value is -0.360. The number of hydrogen-bond donors (Lipinski definition) is 1. The molecule has 2 nitrogen and oxygen atoms in total. The summed E-state index contributed by atoms with van der Waals surface area (Å²) in [5.74, 6) is 0.862. The molecule has 2 aromatic rings. The zero-order chi connectivity index (χ0) is 13.0. The highest BCUT2D eigenvalue weighted by molar-refractivity contribution is 9.11. The molecule has 2 rings (SSSR count). The number of halogens is 2. The molecule has 0 spiro atoms. The van der Waals surface area contributed by atoms with Crippen LogP contribution < -0.4 is 10.1 Å². The van der Waals surface area contributed by atoms with E-state index >= 15 is 0 Å². The second-order valence-corrected chi connectivity index (χ2v) is 7.18. The van der Waals surface area contributed by atoms with E-state index in [9.17, 15) is 0 Å². The minimum Gasteiger partial charge on any atom is -0.496 e. The molecule has 0 unspecified atom stereocenters. The van der Waals surface area contributed by atoms with E-state index in [1.165, 1.54) is 14.2 Å². The summed E-state index contributed by atoms with van der Waals surface area (Å²) >= 11 is 8.71. The van der Waals surface area contributed by atoms with Crippen molar-refractivity contribution >= 4 is 43.2 Å². The molecular weight excluding hydrogens is 378 g/mol. The van der Waals surface area contributed by atoms with Crippen molar-refractivity contribution in [3.63, 3.8) is 0 Å². The molecule has 0 saturated carbocycles. The summed E-state index contributed by atoms with van der Waals surface area (Å²) < 4.78 is 7.37. The third kappa shape index (κ3) is 3.82. The van der Waals surface area contributed by atoms with Crippen LogP contribution in [0.3, 0.4) is 0 Å². The topological polar surface area (TPSA) is 21.3 Å². The smallest absolute Gasteiger partial charge is 0.133 e. The molecule has 96 valence electrons. The van der Waals surface area contributed by atoms with Gasteiger partial charge in [-0.25, -0.2) is 0 Å². The summed E-state index contributed by atoms with van der Waals surface area (Å²) in [7, 11) is 1.67. The van der Waals surface area contributed by atoms with Gasteiger partial charge < -0.3 is 10.1 Å². The van der Waals surface area contributed by atoms with Crippen LogP contribution in [0.5, 0.6) is 5.75 Å². The van der Waals surface area contributed by atoms with Crippen LogP contribution in [-0.4, -0.2) is 7.11 Å². The summed E-state index contributed by atoms with van der Waals surface area (Å²) in [5, 5.41) is 3.42. The predicted octanol–water partition coefficient (Wildman–Crippen LogP) is 4.57. The van der Waals surface area contributed by atoms with Gasteiger partial charge in [0.25, 0.3) is 0 Å². The van der Waals surface area contributed by atoms with Crippen molar-refractivity contribution < 1.29 is 4.74 Å². The summed E-state index contributed by atoms with van der Waals surface area (Å²) in [5.41, 5.74) is 1.23. The molecule has 1 N–H and O–H groups in total. The van der Waals surface area contributed by atoms with Gasteiger partial charge in [0.15, 0.2) is 0 Å².